The predicted molar refractivity (Wildman–Crippen MR) is 79.9 cm³/mol. The van der Waals surface area contributed by atoms with E-state index >= 15 is 0 Å². The van der Waals surface area contributed by atoms with Gasteiger partial charge in [-0.15, -0.1) is 0 Å². The summed E-state index contributed by atoms with van der Waals surface area (Å²) in [6.07, 6.45) is 0. The molecule has 0 saturated carbocycles. The Morgan fingerprint density at radius 1 is 0.947 bits per heavy atom. The van der Waals surface area contributed by atoms with Crippen molar-refractivity contribution in [2.75, 3.05) is 7.05 Å². The van der Waals surface area contributed by atoms with Crippen LogP contribution in [0.25, 0.3) is 0 Å². The molecule has 100 valence electrons. The molecule has 0 aliphatic heterocycles. The van der Waals surface area contributed by atoms with Crippen molar-refractivity contribution in [2.24, 2.45) is 0 Å². The lowest BCUT2D eigenvalue weighted by atomic mass is 10.1. The first-order valence-electron chi connectivity index (χ1n) is 6.63. The van der Waals surface area contributed by atoms with Crippen molar-refractivity contribution in [1.29, 1.82) is 0 Å². The van der Waals surface area contributed by atoms with Gasteiger partial charge in [-0.2, -0.15) is 0 Å². The van der Waals surface area contributed by atoms with Gasteiger partial charge in [0, 0.05) is 11.6 Å². The number of rotatable bonds is 4. The van der Waals surface area contributed by atoms with Gasteiger partial charge in [0.05, 0.1) is 0 Å². The minimum atomic E-state index is 0.265. The Bertz CT molecular complexity index is 563. The van der Waals surface area contributed by atoms with Gasteiger partial charge in [-0.3, -0.25) is 0 Å². The molecule has 0 spiro atoms. The molecule has 0 aliphatic rings. The quantitative estimate of drug-likeness (QED) is 0.875. The third-order valence-corrected chi connectivity index (χ3v) is 3.59. The summed E-state index contributed by atoms with van der Waals surface area (Å²) in [5.74, 6) is 1.84. The fourth-order valence-corrected chi connectivity index (χ4v) is 2.04. The lowest BCUT2D eigenvalue weighted by molar-refractivity contribution is 0.462. The molecule has 0 fully saturated rings. The standard InChI is InChI=1S/C17H21NO/c1-12-8-7-11-16(13(12)2)19-17-10-6-5-9-15(17)14(3)18-4/h5-11,14,18H,1-4H3. The highest BCUT2D eigenvalue weighted by Crippen LogP contribution is 2.31. The molecule has 0 aromatic heterocycles. The molecule has 0 saturated heterocycles. The second kappa shape index (κ2) is 5.89. The van der Waals surface area contributed by atoms with Crippen LogP contribution in [0, 0.1) is 13.8 Å². The summed E-state index contributed by atoms with van der Waals surface area (Å²) in [6.45, 7) is 6.32. The number of hydrogen-bond donors (Lipinski definition) is 1. The van der Waals surface area contributed by atoms with Crippen molar-refractivity contribution < 1.29 is 4.74 Å². The van der Waals surface area contributed by atoms with Gasteiger partial charge in [-0.05, 0) is 51.1 Å². The molecule has 0 radical (unpaired) electrons. The molecule has 0 aliphatic carbocycles. The Balaban J connectivity index is 2.36. The first kappa shape index (κ1) is 13.6. The third-order valence-electron chi connectivity index (χ3n) is 3.59. The molecule has 1 unspecified atom stereocenters. The summed E-state index contributed by atoms with van der Waals surface area (Å²) in [7, 11) is 1.96. The van der Waals surface area contributed by atoms with Crippen molar-refractivity contribution >= 4 is 0 Å². The predicted octanol–water partition coefficient (Wildman–Crippen LogP) is 4.38. The Hall–Kier alpha value is -1.80. The minimum absolute atomic E-state index is 0.265. The van der Waals surface area contributed by atoms with E-state index in [9.17, 15) is 0 Å². The summed E-state index contributed by atoms with van der Waals surface area (Å²) in [6, 6.07) is 14.6. The Labute approximate surface area is 115 Å². The molecule has 2 nitrogen and oxygen atoms in total. The van der Waals surface area contributed by atoms with Crippen LogP contribution < -0.4 is 10.1 Å². The smallest absolute Gasteiger partial charge is 0.132 e. The van der Waals surface area contributed by atoms with Crippen molar-refractivity contribution in [1.82, 2.24) is 5.32 Å². The normalized spacial score (nSPS) is 12.2. The van der Waals surface area contributed by atoms with Gasteiger partial charge in [-0.25, -0.2) is 0 Å². The van der Waals surface area contributed by atoms with E-state index < -0.39 is 0 Å². The number of hydrogen-bond acceptors (Lipinski definition) is 2. The summed E-state index contributed by atoms with van der Waals surface area (Å²) in [5, 5.41) is 3.25. The number of para-hydroxylation sites is 1. The van der Waals surface area contributed by atoms with E-state index in [4.69, 9.17) is 4.74 Å². The van der Waals surface area contributed by atoms with E-state index in [0.29, 0.717) is 0 Å². The van der Waals surface area contributed by atoms with Crippen molar-refractivity contribution in [3.63, 3.8) is 0 Å². The van der Waals surface area contributed by atoms with Crippen LogP contribution in [0.2, 0.25) is 0 Å². The van der Waals surface area contributed by atoms with Gasteiger partial charge in [0.25, 0.3) is 0 Å². The molecule has 2 aromatic carbocycles. The maximum absolute atomic E-state index is 6.10. The molecule has 0 bridgehead atoms. The second-order valence-electron chi connectivity index (χ2n) is 4.85. The van der Waals surface area contributed by atoms with Crippen molar-refractivity contribution in [3.8, 4) is 11.5 Å². The Morgan fingerprint density at radius 3 is 2.37 bits per heavy atom. The van der Waals surface area contributed by atoms with E-state index in [2.05, 4.69) is 38.2 Å². The lowest BCUT2D eigenvalue weighted by Crippen LogP contribution is -2.13. The fourth-order valence-electron chi connectivity index (χ4n) is 2.04. The molecular weight excluding hydrogens is 234 g/mol. The van der Waals surface area contributed by atoms with Crippen LogP contribution in [0.4, 0.5) is 0 Å². The van der Waals surface area contributed by atoms with E-state index in [1.165, 1.54) is 16.7 Å². The minimum Gasteiger partial charge on any atom is -0.457 e. The number of ether oxygens (including phenoxy) is 1. The van der Waals surface area contributed by atoms with Crippen molar-refractivity contribution in [2.45, 2.75) is 26.8 Å². The molecule has 0 heterocycles. The molecule has 19 heavy (non-hydrogen) atoms. The van der Waals surface area contributed by atoms with E-state index in [1.54, 1.807) is 0 Å². The van der Waals surface area contributed by atoms with Crippen LogP contribution in [-0.2, 0) is 0 Å². The highest BCUT2D eigenvalue weighted by Gasteiger charge is 2.11. The van der Waals surface area contributed by atoms with Crippen LogP contribution >= 0.6 is 0 Å². The topological polar surface area (TPSA) is 21.3 Å². The zero-order valence-corrected chi connectivity index (χ0v) is 12.0. The molecule has 2 aromatic rings. The molecule has 1 N–H and O–H groups in total. The number of aryl methyl sites for hydroxylation is 1. The SMILES string of the molecule is CNC(C)c1ccccc1Oc1cccc(C)c1C. The zero-order chi connectivity index (χ0) is 13.8. The maximum Gasteiger partial charge on any atom is 0.132 e. The van der Waals surface area contributed by atoms with E-state index in [0.717, 1.165) is 11.5 Å². The fraction of sp³-hybridized carbons (Fsp3) is 0.294. The summed E-state index contributed by atoms with van der Waals surface area (Å²) in [5.41, 5.74) is 3.61. The molecule has 1 atom stereocenters. The van der Waals surface area contributed by atoms with Gasteiger partial charge in [-0.1, -0.05) is 30.3 Å². The maximum atomic E-state index is 6.10. The Morgan fingerprint density at radius 2 is 1.63 bits per heavy atom. The molecular formula is C17H21NO. The van der Waals surface area contributed by atoms with E-state index in [-0.39, 0.29) is 6.04 Å². The average molecular weight is 255 g/mol. The zero-order valence-electron chi connectivity index (χ0n) is 12.0. The highest BCUT2D eigenvalue weighted by molar-refractivity contribution is 5.44. The van der Waals surface area contributed by atoms with Gasteiger partial charge in [0.2, 0.25) is 0 Å². The van der Waals surface area contributed by atoms with Crippen LogP contribution in [0.5, 0.6) is 11.5 Å². The van der Waals surface area contributed by atoms with Gasteiger partial charge in [0.15, 0.2) is 0 Å². The third kappa shape index (κ3) is 2.96. The summed E-state index contributed by atoms with van der Waals surface area (Å²) in [4.78, 5) is 0. The number of benzene rings is 2. The highest BCUT2D eigenvalue weighted by atomic mass is 16.5. The number of nitrogens with one attached hydrogen (secondary N) is 1. The van der Waals surface area contributed by atoms with Crippen LogP contribution in [0.15, 0.2) is 42.5 Å². The first-order chi connectivity index (χ1) is 9.13. The second-order valence-corrected chi connectivity index (χ2v) is 4.85. The van der Waals surface area contributed by atoms with Crippen LogP contribution in [0.1, 0.15) is 29.7 Å². The van der Waals surface area contributed by atoms with E-state index in [1.807, 2.05) is 37.4 Å². The monoisotopic (exact) mass is 255 g/mol. The molecule has 2 heteroatoms. The largest absolute Gasteiger partial charge is 0.457 e. The summed E-state index contributed by atoms with van der Waals surface area (Å²) < 4.78 is 6.10. The van der Waals surface area contributed by atoms with Crippen LogP contribution in [-0.4, -0.2) is 7.05 Å². The average Bonchev–Trinajstić information content (AvgIpc) is 2.43. The molecule has 2 rings (SSSR count). The van der Waals surface area contributed by atoms with Gasteiger partial charge < -0.3 is 10.1 Å². The summed E-state index contributed by atoms with van der Waals surface area (Å²) >= 11 is 0. The first-order valence-corrected chi connectivity index (χ1v) is 6.63. The van der Waals surface area contributed by atoms with Gasteiger partial charge >= 0.3 is 0 Å². The Kier molecular flexibility index (Phi) is 4.23. The molecule has 0 amide bonds. The van der Waals surface area contributed by atoms with Crippen LogP contribution in [0.3, 0.4) is 0 Å². The lowest BCUT2D eigenvalue weighted by Gasteiger charge is -2.17. The van der Waals surface area contributed by atoms with Crippen molar-refractivity contribution in [3.05, 3.63) is 59.2 Å². The van der Waals surface area contributed by atoms with Gasteiger partial charge in [0.1, 0.15) is 11.5 Å².